The van der Waals surface area contributed by atoms with Gasteiger partial charge in [0.2, 0.25) is 15.9 Å². The summed E-state index contributed by atoms with van der Waals surface area (Å²) in [5.74, 6) is -1.72. The van der Waals surface area contributed by atoms with Crippen LogP contribution in [0.5, 0.6) is 0 Å². The molecule has 32 heavy (non-hydrogen) atoms. The predicted octanol–water partition coefficient (Wildman–Crippen LogP) is 4.11. The summed E-state index contributed by atoms with van der Waals surface area (Å²) in [6.07, 6.45) is -0.307. The van der Waals surface area contributed by atoms with E-state index in [9.17, 15) is 22.4 Å². The monoisotopic (exact) mass is 516 g/mol. The molecule has 0 spiro atoms. The number of anilines is 1. The summed E-state index contributed by atoms with van der Waals surface area (Å²) in [6.45, 7) is -0.0832. The van der Waals surface area contributed by atoms with Gasteiger partial charge in [0.1, 0.15) is 11.9 Å². The first-order chi connectivity index (χ1) is 15.3. The lowest BCUT2D eigenvalue weighted by atomic mass is 10.2. The molecular formula is C23H18BrFN2O4S. The second-order valence-corrected chi connectivity index (χ2v) is 10.1. The van der Waals surface area contributed by atoms with E-state index in [0.29, 0.717) is 10.0 Å². The van der Waals surface area contributed by atoms with E-state index in [4.69, 9.17) is 0 Å². The maximum Gasteiger partial charge on any atom is 0.252 e. The summed E-state index contributed by atoms with van der Waals surface area (Å²) in [7, 11) is -4.12. The second-order valence-electron chi connectivity index (χ2n) is 7.25. The summed E-state index contributed by atoms with van der Waals surface area (Å²) in [4.78, 5) is 26.9. The maximum atomic E-state index is 13.6. The van der Waals surface area contributed by atoms with Crippen molar-refractivity contribution in [1.29, 1.82) is 0 Å². The van der Waals surface area contributed by atoms with Gasteiger partial charge in [-0.2, -0.15) is 4.31 Å². The SMILES string of the molecule is O=C1CC(N(Cc2ccccc2)S(=O)(=O)c2ccc(Br)cc2)C(=O)N1c1ccc(F)cc1. The quantitative estimate of drug-likeness (QED) is 0.462. The van der Waals surface area contributed by atoms with E-state index < -0.39 is 33.7 Å². The first-order valence-electron chi connectivity index (χ1n) is 9.71. The lowest BCUT2D eigenvalue weighted by molar-refractivity contribution is -0.122. The zero-order valence-electron chi connectivity index (χ0n) is 16.7. The fourth-order valence-electron chi connectivity index (χ4n) is 3.57. The van der Waals surface area contributed by atoms with Gasteiger partial charge in [-0.1, -0.05) is 46.3 Å². The Labute approximate surface area is 193 Å². The van der Waals surface area contributed by atoms with Crippen LogP contribution in [0.4, 0.5) is 10.1 Å². The van der Waals surface area contributed by atoms with Crippen molar-refractivity contribution in [3.63, 3.8) is 0 Å². The largest absolute Gasteiger partial charge is 0.274 e. The van der Waals surface area contributed by atoms with Crippen molar-refractivity contribution in [2.24, 2.45) is 0 Å². The van der Waals surface area contributed by atoms with Gasteiger partial charge < -0.3 is 0 Å². The summed E-state index contributed by atoms with van der Waals surface area (Å²) in [6, 6.07) is 18.6. The molecule has 9 heteroatoms. The van der Waals surface area contributed by atoms with Crippen LogP contribution in [0.15, 0.2) is 88.2 Å². The number of carbonyl (C=O) groups is 2. The van der Waals surface area contributed by atoms with Crippen LogP contribution in [0.1, 0.15) is 12.0 Å². The molecule has 0 aliphatic carbocycles. The Morgan fingerprint density at radius 2 is 1.56 bits per heavy atom. The molecule has 1 fully saturated rings. The highest BCUT2D eigenvalue weighted by molar-refractivity contribution is 9.10. The molecule has 0 radical (unpaired) electrons. The Kier molecular flexibility index (Phi) is 6.23. The standard InChI is InChI=1S/C23H18BrFN2O4S/c24-17-6-12-20(13-7-17)32(30,31)26(15-16-4-2-1-3-5-16)21-14-22(28)27(23(21)29)19-10-8-18(25)9-11-19/h1-13,21H,14-15H2. The number of halogens is 2. The van der Waals surface area contributed by atoms with Gasteiger partial charge in [-0.05, 0) is 54.1 Å². The summed E-state index contributed by atoms with van der Waals surface area (Å²) in [5, 5.41) is 0. The van der Waals surface area contributed by atoms with E-state index in [2.05, 4.69) is 15.9 Å². The van der Waals surface area contributed by atoms with E-state index in [-0.39, 0.29) is 23.5 Å². The lowest BCUT2D eigenvalue weighted by Gasteiger charge is -2.27. The third-order valence-electron chi connectivity index (χ3n) is 5.16. The van der Waals surface area contributed by atoms with Crippen molar-refractivity contribution >= 4 is 43.5 Å². The van der Waals surface area contributed by atoms with Gasteiger partial charge in [0.05, 0.1) is 17.0 Å². The van der Waals surface area contributed by atoms with Crippen LogP contribution in [-0.2, 0) is 26.2 Å². The Morgan fingerprint density at radius 1 is 0.938 bits per heavy atom. The number of hydrogen-bond acceptors (Lipinski definition) is 4. The molecule has 1 saturated heterocycles. The molecule has 0 aromatic heterocycles. The third kappa shape index (κ3) is 4.36. The summed E-state index contributed by atoms with van der Waals surface area (Å²) in [5.41, 5.74) is 0.873. The summed E-state index contributed by atoms with van der Waals surface area (Å²) >= 11 is 3.28. The average Bonchev–Trinajstić information content (AvgIpc) is 3.07. The number of nitrogens with zero attached hydrogens (tertiary/aromatic N) is 2. The van der Waals surface area contributed by atoms with Crippen LogP contribution in [0, 0.1) is 5.82 Å². The second kappa shape index (κ2) is 8.93. The summed E-state index contributed by atoms with van der Waals surface area (Å²) < 4.78 is 42.2. The van der Waals surface area contributed by atoms with Crippen molar-refractivity contribution in [2.45, 2.75) is 23.9 Å². The predicted molar refractivity (Wildman–Crippen MR) is 121 cm³/mol. The Bertz CT molecular complexity index is 1250. The Balaban J connectivity index is 1.74. The number of hydrogen-bond donors (Lipinski definition) is 0. The molecule has 3 aromatic rings. The molecule has 1 unspecified atom stereocenters. The van der Waals surface area contributed by atoms with Gasteiger partial charge in [-0.25, -0.2) is 17.7 Å². The zero-order valence-corrected chi connectivity index (χ0v) is 19.1. The highest BCUT2D eigenvalue weighted by atomic mass is 79.9. The average molecular weight is 517 g/mol. The molecule has 1 heterocycles. The maximum absolute atomic E-state index is 13.6. The first-order valence-corrected chi connectivity index (χ1v) is 11.9. The molecule has 4 rings (SSSR count). The van der Waals surface area contributed by atoms with Crippen LogP contribution in [0.25, 0.3) is 0 Å². The van der Waals surface area contributed by atoms with E-state index in [1.165, 1.54) is 24.3 Å². The fourth-order valence-corrected chi connectivity index (χ4v) is 5.40. The molecule has 6 nitrogen and oxygen atoms in total. The topological polar surface area (TPSA) is 74.8 Å². The minimum Gasteiger partial charge on any atom is -0.274 e. The molecule has 164 valence electrons. The highest BCUT2D eigenvalue weighted by Gasteiger charge is 2.47. The van der Waals surface area contributed by atoms with Crippen molar-refractivity contribution < 1.29 is 22.4 Å². The van der Waals surface area contributed by atoms with Gasteiger partial charge in [0.25, 0.3) is 5.91 Å². The number of sulfonamides is 1. The molecule has 1 aliphatic rings. The minimum absolute atomic E-state index is 0.0112. The van der Waals surface area contributed by atoms with Crippen molar-refractivity contribution in [1.82, 2.24) is 4.31 Å². The molecule has 0 saturated carbocycles. The van der Waals surface area contributed by atoms with Gasteiger partial charge in [0, 0.05) is 11.0 Å². The number of amides is 2. The van der Waals surface area contributed by atoms with Gasteiger partial charge in [-0.15, -0.1) is 0 Å². The van der Waals surface area contributed by atoms with Crippen molar-refractivity contribution in [3.8, 4) is 0 Å². The van der Waals surface area contributed by atoms with Gasteiger partial charge >= 0.3 is 0 Å². The van der Waals surface area contributed by atoms with Crippen LogP contribution < -0.4 is 4.90 Å². The Hall–Kier alpha value is -2.88. The molecule has 0 N–H and O–H groups in total. The highest BCUT2D eigenvalue weighted by Crippen LogP contribution is 2.31. The zero-order chi connectivity index (χ0) is 22.9. The first kappa shape index (κ1) is 22.3. The number of imide groups is 1. The van der Waals surface area contributed by atoms with Crippen LogP contribution >= 0.6 is 15.9 Å². The number of rotatable bonds is 6. The normalized spacial score (nSPS) is 16.7. The van der Waals surface area contributed by atoms with E-state index in [0.717, 1.165) is 21.3 Å². The van der Waals surface area contributed by atoms with Crippen molar-refractivity contribution in [3.05, 3.63) is 94.7 Å². The fraction of sp³-hybridized carbons (Fsp3) is 0.130. The van der Waals surface area contributed by atoms with E-state index in [1.807, 2.05) is 0 Å². The van der Waals surface area contributed by atoms with E-state index in [1.54, 1.807) is 42.5 Å². The van der Waals surface area contributed by atoms with E-state index >= 15 is 0 Å². The number of carbonyl (C=O) groups excluding carboxylic acids is 2. The smallest absolute Gasteiger partial charge is 0.252 e. The van der Waals surface area contributed by atoms with Crippen LogP contribution in [-0.4, -0.2) is 30.6 Å². The molecular weight excluding hydrogens is 499 g/mol. The molecule has 1 aliphatic heterocycles. The van der Waals surface area contributed by atoms with Crippen LogP contribution in [0.2, 0.25) is 0 Å². The lowest BCUT2D eigenvalue weighted by Crippen LogP contribution is -2.45. The minimum atomic E-state index is -4.12. The Morgan fingerprint density at radius 3 is 2.19 bits per heavy atom. The molecule has 0 bridgehead atoms. The number of benzene rings is 3. The molecule has 1 atom stereocenters. The van der Waals surface area contributed by atoms with Crippen molar-refractivity contribution in [2.75, 3.05) is 4.90 Å². The molecule has 3 aromatic carbocycles. The van der Waals surface area contributed by atoms with Gasteiger partial charge in [-0.3, -0.25) is 9.59 Å². The van der Waals surface area contributed by atoms with Crippen LogP contribution in [0.3, 0.4) is 0 Å². The third-order valence-corrected chi connectivity index (χ3v) is 7.55. The molecule has 2 amide bonds. The van der Waals surface area contributed by atoms with Gasteiger partial charge in [0.15, 0.2) is 0 Å².